The lowest BCUT2D eigenvalue weighted by atomic mass is 9.91. The number of carbonyl (C=O) groups is 2. The summed E-state index contributed by atoms with van der Waals surface area (Å²) in [5.41, 5.74) is 3.15. The van der Waals surface area contributed by atoms with Gasteiger partial charge in [-0.2, -0.15) is 0 Å². The average Bonchev–Trinajstić information content (AvgIpc) is 2.69. The second kappa shape index (κ2) is 8.44. The fourth-order valence-electron chi connectivity index (χ4n) is 3.21. The molecule has 0 aromatic heterocycles. The van der Waals surface area contributed by atoms with Crippen molar-refractivity contribution in [1.29, 1.82) is 0 Å². The Labute approximate surface area is 163 Å². The summed E-state index contributed by atoms with van der Waals surface area (Å²) in [6, 6.07) is 10.7. The molecule has 2 aromatic carbocycles. The monoisotopic (exact) mass is 387 g/mol. The van der Waals surface area contributed by atoms with Crippen molar-refractivity contribution in [3.05, 3.63) is 58.1 Å². The number of nitrogens with one attached hydrogen (secondary N) is 1. The highest BCUT2D eigenvalue weighted by Crippen LogP contribution is 2.30. The molecule has 1 atom stereocenters. The second-order valence-corrected chi connectivity index (χ2v) is 6.94. The molecule has 0 heterocycles. The summed E-state index contributed by atoms with van der Waals surface area (Å²) in [5, 5.41) is 3.02. The number of fused-ring (bicyclic) bond motifs is 1. The van der Waals surface area contributed by atoms with Gasteiger partial charge in [0.25, 0.3) is 5.91 Å². The van der Waals surface area contributed by atoms with Gasteiger partial charge >= 0.3 is 5.97 Å². The van der Waals surface area contributed by atoms with Gasteiger partial charge in [-0.25, -0.2) is 4.79 Å². The molecule has 0 saturated carbocycles. The molecule has 27 heavy (non-hydrogen) atoms. The predicted molar refractivity (Wildman–Crippen MR) is 105 cm³/mol. The zero-order chi connectivity index (χ0) is 19.4. The van der Waals surface area contributed by atoms with Crippen LogP contribution in [0.3, 0.4) is 0 Å². The number of halogens is 1. The average molecular weight is 388 g/mol. The molecule has 0 fully saturated rings. The molecule has 1 amide bonds. The first kappa shape index (κ1) is 19.2. The van der Waals surface area contributed by atoms with Crippen LogP contribution in [-0.2, 0) is 22.4 Å². The van der Waals surface area contributed by atoms with Crippen LogP contribution in [0.25, 0.3) is 0 Å². The summed E-state index contributed by atoms with van der Waals surface area (Å²) in [6.07, 6.45) is 3.66. The van der Waals surface area contributed by atoms with E-state index in [1.54, 1.807) is 19.1 Å². The van der Waals surface area contributed by atoms with E-state index in [2.05, 4.69) is 11.4 Å². The first-order valence-electron chi connectivity index (χ1n) is 8.95. The highest BCUT2D eigenvalue weighted by atomic mass is 35.5. The van der Waals surface area contributed by atoms with Crippen LogP contribution in [-0.4, -0.2) is 25.1 Å². The van der Waals surface area contributed by atoms with Gasteiger partial charge < -0.3 is 14.8 Å². The van der Waals surface area contributed by atoms with E-state index in [4.69, 9.17) is 21.1 Å². The molecule has 142 valence electrons. The van der Waals surface area contributed by atoms with Crippen LogP contribution in [0.5, 0.6) is 5.75 Å². The van der Waals surface area contributed by atoms with E-state index in [0.717, 1.165) is 25.0 Å². The van der Waals surface area contributed by atoms with Gasteiger partial charge in [-0.15, -0.1) is 0 Å². The minimum atomic E-state index is -0.685. The van der Waals surface area contributed by atoms with Crippen molar-refractivity contribution in [2.24, 2.45) is 0 Å². The molecule has 0 aliphatic heterocycles. The number of aryl methyl sites for hydroxylation is 1. The summed E-state index contributed by atoms with van der Waals surface area (Å²) in [4.78, 5) is 24.3. The summed E-state index contributed by atoms with van der Waals surface area (Å²) in [6.45, 7) is 1.70. The highest BCUT2D eigenvalue weighted by Gasteiger charge is 2.20. The molecular weight excluding hydrogens is 366 g/mol. The van der Waals surface area contributed by atoms with Crippen molar-refractivity contribution >= 4 is 29.2 Å². The fourth-order valence-corrected chi connectivity index (χ4v) is 3.41. The molecule has 1 aliphatic carbocycles. The van der Waals surface area contributed by atoms with Crippen molar-refractivity contribution in [1.82, 2.24) is 0 Å². The Balaban J connectivity index is 1.71. The van der Waals surface area contributed by atoms with E-state index in [1.807, 2.05) is 12.1 Å². The molecule has 0 radical (unpaired) electrons. The second-order valence-electron chi connectivity index (χ2n) is 6.54. The molecule has 5 nitrogen and oxygen atoms in total. The Morgan fingerprint density at radius 1 is 1.15 bits per heavy atom. The summed E-state index contributed by atoms with van der Waals surface area (Å²) >= 11 is 6.01. The van der Waals surface area contributed by atoms with Gasteiger partial charge in [-0.05, 0) is 68.0 Å². The minimum absolute atomic E-state index is 0.197. The molecule has 1 unspecified atom stereocenters. The highest BCUT2D eigenvalue weighted by molar-refractivity contribution is 6.33. The van der Waals surface area contributed by atoms with Gasteiger partial charge in [0.05, 0.1) is 17.7 Å². The number of carbonyl (C=O) groups excluding carboxylic acids is 2. The van der Waals surface area contributed by atoms with E-state index in [0.29, 0.717) is 5.69 Å². The quantitative estimate of drug-likeness (QED) is 0.772. The molecule has 2 aromatic rings. The predicted octanol–water partition coefficient (Wildman–Crippen LogP) is 4.41. The maximum Gasteiger partial charge on any atom is 0.339 e. The zero-order valence-corrected chi connectivity index (χ0v) is 16.1. The lowest BCUT2D eigenvalue weighted by Gasteiger charge is -2.22. The number of anilines is 1. The van der Waals surface area contributed by atoms with Crippen LogP contribution in [0.15, 0.2) is 36.4 Å². The maximum absolute atomic E-state index is 12.5. The van der Waals surface area contributed by atoms with E-state index in [1.165, 1.54) is 30.7 Å². The lowest BCUT2D eigenvalue weighted by molar-refractivity contribution is -0.122. The number of rotatable bonds is 5. The van der Waals surface area contributed by atoms with Gasteiger partial charge in [-0.3, -0.25) is 4.79 Å². The Bertz CT molecular complexity index is 865. The van der Waals surface area contributed by atoms with Crippen LogP contribution in [0, 0.1) is 0 Å². The number of hydrogen-bond acceptors (Lipinski definition) is 4. The van der Waals surface area contributed by atoms with E-state index in [-0.39, 0.29) is 16.5 Å². The summed E-state index contributed by atoms with van der Waals surface area (Å²) < 4.78 is 10.6. The van der Waals surface area contributed by atoms with Gasteiger partial charge in [-0.1, -0.05) is 23.7 Å². The largest absolute Gasteiger partial charge is 0.481 e. The molecule has 0 saturated heterocycles. The number of esters is 1. The number of benzene rings is 2. The Kier molecular flexibility index (Phi) is 6.01. The van der Waals surface area contributed by atoms with Crippen LogP contribution in [0.1, 0.15) is 41.3 Å². The van der Waals surface area contributed by atoms with Gasteiger partial charge in [0.2, 0.25) is 0 Å². The maximum atomic E-state index is 12.5. The number of ether oxygens (including phenoxy) is 2. The molecule has 1 aliphatic rings. The van der Waals surface area contributed by atoms with Crippen LogP contribution >= 0.6 is 11.6 Å². The molecule has 0 spiro atoms. The van der Waals surface area contributed by atoms with Crippen LogP contribution in [0.2, 0.25) is 5.02 Å². The topological polar surface area (TPSA) is 64.6 Å². The number of hydrogen-bond donors (Lipinski definition) is 1. The van der Waals surface area contributed by atoms with E-state index in [9.17, 15) is 9.59 Å². The van der Waals surface area contributed by atoms with Gasteiger partial charge in [0.1, 0.15) is 5.75 Å². The van der Waals surface area contributed by atoms with Crippen molar-refractivity contribution in [3.63, 3.8) is 0 Å². The smallest absolute Gasteiger partial charge is 0.339 e. The molecule has 3 rings (SSSR count). The Hall–Kier alpha value is -2.53. The molecule has 1 N–H and O–H groups in total. The third kappa shape index (κ3) is 4.42. The summed E-state index contributed by atoms with van der Waals surface area (Å²) in [7, 11) is 1.28. The van der Waals surface area contributed by atoms with Gasteiger partial charge in [0, 0.05) is 5.69 Å². The van der Waals surface area contributed by atoms with Crippen molar-refractivity contribution in [3.8, 4) is 5.75 Å². The Morgan fingerprint density at radius 2 is 1.93 bits per heavy atom. The van der Waals surface area contributed by atoms with Crippen molar-refractivity contribution in [2.75, 3.05) is 12.4 Å². The minimum Gasteiger partial charge on any atom is -0.481 e. The number of amides is 1. The van der Waals surface area contributed by atoms with Crippen LogP contribution in [0.4, 0.5) is 5.69 Å². The zero-order valence-electron chi connectivity index (χ0n) is 15.4. The van der Waals surface area contributed by atoms with E-state index < -0.39 is 12.1 Å². The van der Waals surface area contributed by atoms with Crippen LogP contribution < -0.4 is 10.1 Å². The SMILES string of the molecule is COC(=O)c1cc(NC(=O)C(C)Oc2cccc3c2CCCC3)ccc1Cl. The third-order valence-electron chi connectivity index (χ3n) is 4.67. The first-order valence-corrected chi connectivity index (χ1v) is 9.33. The fraction of sp³-hybridized carbons (Fsp3) is 0.333. The van der Waals surface area contributed by atoms with Crippen molar-refractivity contribution in [2.45, 2.75) is 38.7 Å². The first-order chi connectivity index (χ1) is 13.0. The third-order valence-corrected chi connectivity index (χ3v) is 4.99. The van der Waals surface area contributed by atoms with Crippen molar-refractivity contribution < 1.29 is 19.1 Å². The molecule has 6 heteroatoms. The molecular formula is C21H22ClNO4. The van der Waals surface area contributed by atoms with Gasteiger partial charge in [0.15, 0.2) is 6.10 Å². The van der Waals surface area contributed by atoms with E-state index >= 15 is 0 Å². The Morgan fingerprint density at radius 3 is 2.70 bits per heavy atom. The molecule has 0 bridgehead atoms. The standard InChI is InChI=1S/C21H22ClNO4/c1-13(27-19-9-5-7-14-6-3-4-8-16(14)19)20(24)23-15-10-11-18(22)17(12-15)21(25)26-2/h5,7,9-13H,3-4,6,8H2,1-2H3,(H,23,24). The number of methoxy groups -OCH3 is 1. The summed E-state index contributed by atoms with van der Waals surface area (Å²) in [5.74, 6) is -0.0981. The normalized spacial score (nSPS) is 14.0. The lowest BCUT2D eigenvalue weighted by Crippen LogP contribution is -2.30.